The average molecular weight is 208 g/mol. The third-order valence-corrected chi connectivity index (χ3v) is 2.27. The van der Waals surface area contributed by atoms with Crippen LogP contribution in [0.1, 0.15) is 12.0 Å². The molecule has 0 saturated carbocycles. The largest absolute Gasteiger partial charge is 0.497 e. The second kappa shape index (κ2) is 7.26. The fourth-order valence-corrected chi connectivity index (χ4v) is 1.37. The van der Waals surface area contributed by atoms with E-state index in [0.29, 0.717) is 0 Å². The van der Waals surface area contributed by atoms with Gasteiger partial charge >= 0.3 is 0 Å². The van der Waals surface area contributed by atoms with Crippen molar-refractivity contribution in [2.24, 2.45) is 0 Å². The Morgan fingerprint density at radius 2 is 1.87 bits per heavy atom. The Hall–Kier alpha value is -1.06. The summed E-state index contributed by atoms with van der Waals surface area (Å²) in [5, 5.41) is 6.52. The number of hydrogen-bond acceptors (Lipinski definition) is 3. The van der Waals surface area contributed by atoms with E-state index in [2.05, 4.69) is 22.8 Å². The number of hydrogen-bond donors (Lipinski definition) is 2. The van der Waals surface area contributed by atoms with E-state index in [0.717, 1.165) is 31.8 Å². The van der Waals surface area contributed by atoms with Gasteiger partial charge in [-0.1, -0.05) is 12.1 Å². The van der Waals surface area contributed by atoms with E-state index < -0.39 is 0 Å². The molecule has 0 aliphatic heterocycles. The van der Waals surface area contributed by atoms with E-state index in [1.165, 1.54) is 5.56 Å². The fourth-order valence-electron chi connectivity index (χ4n) is 1.37. The Balaban J connectivity index is 2.20. The summed E-state index contributed by atoms with van der Waals surface area (Å²) in [6.07, 6.45) is 1.16. The maximum Gasteiger partial charge on any atom is 0.118 e. The van der Waals surface area contributed by atoms with Gasteiger partial charge in [-0.15, -0.1) is 0 Å². The smallest absolute Gasteiger partial charge is 0.118 e. The Labute approximate surface area is 91.8 Å². The molecular formula is C12H20N2O. The maximum atomic E-state index is 5.10. The standard InChI is InChI=1S/C12H20N2O/c1-13-8-3-9-14-10-11-4-6-12(15-2)7-5-11/h4-7,13-14H,3,8-10H2,1-2H3. The predicted octanol–water partition coefficient (Wildman–Crippen LogP) is 1.39. The van der Waals surface area contributed by atoms with Crippen LogP contribution in [-0.2, 0) is 6.54 Å². The molecule has 0 bridgehead atoms. The minimum atomic E-state index is 0.911. The summed E-state index contributed by atoms with van der Waals surface area (Å²) < 4.78 is 5.10. The normalized spacial score (nSPS) is 10.3. The third kappa shape index (κ3) is 4.81. The van der Waals surface area contributed by atoms with Crippen LogP contribution in [0.5, 0.6) is 5.75 Å². The van der Waals surface area contributed by atoms with Crippen molar-refractivity contribution < 1.29 is 4.74 Å². The molecule has 0 radical (unpaired) electrons. The maximum absolute atomic E-state index is 5.10. The molecule has 0 aliphatic carbocycles. The third-order valence-electron chi connectivity index (χ3n) is 2.27. The zero-order chi connectivity index (χ0) is 10.9. The molecule has 2 N–H and O–H groups in total. The summed E-state index contributed by atoms with van der Waals surface area (Å²) in [6.45, 7) is 3.04. The van der Waals surface area contributed by atoms with Crippen molar-refractivity contribution >= 4 is 0 Å². The molecule has 0 fully saturated rings. The topological polar surface area (TPSA) is 33.3 Å². The Morgan fingerprint density at radius 3 is 2.47 bits per heavy atom. The highest BCUT2D eigenvalue weighted by molar-refractivity contribution is 5.26. The molecule has 3 nitrogen and oxygen atoms in total. The molecule has 0 unspecified atom stereocenters. The van der Waals surface area contributed by atoms with Crippen LogP contribution >= 0.6 is 0 Å². The quantitative estimate of drug-likeness (QED) is 0.664. The van der Waals surface area contributed by atoms with Gasteiger partial charge in [0.15, 0.2) is 0 Å². The van der Waals surface area contributed by atoms with Gasteiger partial charge in [0, 0.05) is 6.54 Å². The van der Waals surface area contributed by atoms with Crippen LogP contribution in [0.2, 0.25) is 0 Å². The van der Waals surface area contributed by atoms with Crippen LogP contribution in [0.25, 0.3) is 0 Å². The first kappa shape index (κ1) is 12.0. The molecule has 15 heavy (non-hydrogen) atoms. The molecule has 3 heteroatoms. The van der Waals surface area contributed by atoms with E-state index >= 15 is 0 Å². The fraction of sp³-hybridized carbons (Fsp3) is 0.500. The van der Waals surface area contributed by atoms with Gasteiger partial charge < -0.3 is 15.4 Å². The average Bonchev–Trinajstić information content (AvgIpc) is 2.30. The minimum Gasteiger partial charge on any atom is -0.497 e. The van der Waals surface area contributed by atoms with Gasteiger partial charge in [0.1, 0.15) is 5.75 Å². The predicted molar refractivity (Wildman–Crippen MR) is 63.2 cm³/mol. The van der Waals surface area contributed by atoms with Crippen molar-refractivity contribution in [3.63, 3.8) is 0 Å². The molecule has 1 aromatic carbocycles. The van der Waals surface area contributed by atoms with Gasteiger partial charge in [0.25, 0.3) is 0 Å². The first-order valence-electron chi connectivity index (χ1n) is 5.35. The van der Waals surface area contributed by atoms with Gasteiger partial charge in [-0.3, -0.25) is 0 Å². The second-order valence-corrected chi connectivity index (χ2v) is 3.48. The molecule has 0 atom stereocenters. The van der Waals surface area contributed by atoms with Crippen molar-refractivity contribution in [3.8, 4) is 5.75 Å². The molecular weight excluding hydrogens is 188 g/mol. The van der Waals surface area contributed by atoms with E-state index in [1.807, 2.05) is 19.2 Å². The lowest BCUT2D eigenvalue weighted by molar-refractivity contribution is 0.414. The monoisotopic (exact) mass is 208 g/mol. The van der Waals surface area contributed by atoms with E-state index in [4.69, 9.17) is 4.74 Å². The van der Waals surface area contributed by atoms with Crippen LogP contribution in [0.15, 0.2) is 24.3 Å². The van der Waals surface area contributed by atoms with Crippen molar-refractivity contribution in [2.45, 2.75) is 13.0 Å². The van der Waals surface area contributed by atoms with Crippen molar-refractivity contribution in [1.82, 2.24) is 10.6 Å². The highest BCUT2D eigenvalue weighted by atomic mass is 16.5. The molecule has 0 aromatic heterocycles. The molecule has 1 aromatic rings. The lowest BCUT2D eigenvalue weighted by Crippen LogP contribution is -2.19. The summed E-state index contributed by atoms with van der Waals surface area (Å²) >= 11 is 0. The first-order chi connectivity index (χ1) is 7.36. The summed E-state index contributed by atoms with van der Waals surface area (Å²) in [5.41, 5.74) is 1.29. The van der Waals surface area contributed by atoms with E-state index in [1.54, 1.807) is 7.11 Å². The highest BCUT2D eigenvalue weighted by Gasteiger charge is 1.93. The second-order valence-electron chi connectivity index (χ2n) is 3.48. The summed E-state index contributed by atoms with van der Waals surface area (Å²) in [6, 6.07) is 8.16. The molecule has 0 spiro atoms. The molecule has 0 amide bonds. The molecule has 0 heterocycles. The lowest BCUT2D eigenvalue weighted by Gasteiger charge is -2.05. The molecule has 84 valence electrons. The highest BCUT2D eigenvalue weighted by Crippen LogP contribution is 2.10. The number of nitrogens with one attached hydrogen (secondary N) is 2. The SMILES string of the molecule is CNCCCNCc1ccc(OC)cc1. The molecule has 0 saturated heterocycles. The van der Waals surface area contributed by atoms with E-state index in [-0.39, 0.29) is 0 Å². The minimum absolute atomic E-state index is 0.911. The summed E-state index contributed by atoms with van der Waals surface area (Å²) in [7, 11) is 3.66. The molecule has 1 rings (SSSR count). The van der Waals surface area contributed by atoms with Gasteiger partial charge in [-0.2, -0.15) is 0 Å². The zero-order valence-electron chi connectivity index (χ0n) is 9.55. The van der Waals surface area contributed by atoms with Crippen molar-refractivity contribution in [3.05, 3.63) is 29.8 Å². The van der Waals surface area contributed by atoms with Gasteiger partial charge in [0.2, 0.25) is 0 Å². The lowest BCUT2D eigenvalue weighted by atomic mass is 10.2. The van der Waals surface area contributed by atoms with Crippen LogP contribution < -0.4 is 15.4 Å². The van der Waals surface area contributed by atoms with Gasteiger partial charge in [-0.25, -0.2) is 0 Å². The Bertz CT molecular complexity index is 259. The van der Waals surface area contributed by atoms with Crippen LogP contribution in [0.3, 0.4) is 0 Å². The Morgan fingerprint density at radius 1 is 1.13 bits per heavy atom. The van der Waals surface area contributed by atoms with Gasteiger partial charge in [0.05, 0.1) is 7.11 Å². The van der Waals surface area contributed by atoms with Crippen LogP contribution in [0, 0.1) is 0 Å². The number of rotatable bonds is 7. The van der Waals surface area contributed by atoms with E-state index in [9.17, 15) is 0 Å². The van der Waals surface area contributed by atoms with Crippen molar-refractivity contribution in [2.75, 3.05) is 27.2 Å². The van der Waals surface area contributed by atoms with Crippen LogP contribution in [0.4, 0.5) is 0 Å². The summed E-state index contributed by atoms with van der Waals surface area (Å²) in [5.74, 6) is 0.911. The number of ether oxygens (including phenoxy) is 1. The number of methoxy groups -OCH3 is 1. The van der Waals surface area contributed by atoms with Crippen LogP contribution in [-0.4, -0.2) is 27.2 Å². The first-order valence-corrected chi connectivity index (χ1v) is 5.35. The number of benzene rings is 1. The van der Waals surface area contributed by atoms with Gasteiger partial charge in [-0.05, 0) is 44.3 Å². The summed E-state index contributed by atoms with van der Waals surface area (Å²) in [4.78, 5) is 0. The molecule has 0 aliphatic rings. The van der Waals surface area contributed by atoms with Crippen molar-refractivity contribution in [1.29, 1.82) is 0 Å². The Kier molecular flexibility index (Phi) is 5.81. The zero-order valence-corrected chi connectivity index (χ0v) is 9.55.